The van der Waals surface area contributed by atoms with E-state index in [0.717, 1.165) is 19.5 Å². The summed E-state index contributed by atoms with van der Waals surface area (Å²) in [7, 11) is 0. The molecular formula is C9H16N2O. The fourth-order valence-electron chi connectivity index (χ4n) is 1.70. The lowest BCUT2D eigenvalue weighted by atomic mass is 10.1. The molecule has 0 radical (unpaired) electrons. The van der Waals surface area contributed by atoms with Crippen LogP contribution in [0.5, 0.6) is 0 Å². The molecule has 0 aromatic carbocycles. The van der Waals surface area contributed by atoms with E-state index in [9.17, 15) is 4.79 Å². The van der Waals surface area contributed by atoms with Crippen molar-refractivity contribution in [3.63, 3.8) is 0 Å². The summed E-state index contributed by atoms with van der Waals surface area (Å²) in [5.41, 5.74) is 0. The van der Waals surface area contributed by atoms with Gasteiger partial charge in [-0.2, -0.15) is 0 Å². The molecule has 1 aliphatic carbocycles. The zero-order chi connectivity index (χ0) is 8.55. The van der Waals surface area contributed by atoms with Gasteiger partial charge in [0.25, 0.3) is 0 Å². The second-order valence-electron chi connectivity index (χ2n) is 4.02. The van der Waals surface area contributed by atoms with Gasteiger partial charge in [0.1, 0.15) is 0 Å². The minimum Gasteiger partial charge on any atom is -0.353 e. The number of nitrogens with one attached hydrogen (secondary N) is 2. The van der Waals surface area contributed by atoms with E-state index in [4.69, 9.17) is 0 Å². The highest BCUT2D eigenvalue weighted by Crippen LogP contribution is 2.29. The fraction of sp³-hybridized carbons (Fsp3) is 0.889. The topological polar surface area (TPSA) is 41.1 Å². The van der Waals surface area contributed by atoms with Crippen LogP contribution < -0.4 is 10.6 Å². The molecule has 3 heteroatoms. The van der Waals surface area contributed by atoms with Gasteiger partial charge in [0.05, 0.1) is 5.92 Å². The summed E-state index contributed by atoms with van der Waals surface area (Å²) in [6.45, 7) is 4.04. The lowest BCUT2D eigenvalue weighted by Crippen LogP contribution is -2.34. The predicted molar refractivity (Wildman–Crippen MR) is 46.7 cm³/mol. The normalized spacial score (nSPS) is 39.6. The maximum atomic E-state index is 11.5. The van der Waals surface area contributed by atoms with E-state index >= 15 is 0 Å². The highest BCUT2D eigenvalue weighted by atomic mass is 16.2. The lowest BCUT2D eigenvalue weighted by molar-refractivity contribution is -0.124. The maximum Gasteiger partial charge on any atom is 0.224 e. The molecule has 2 rings (SSSR count). The van der Waals surface area contributed by atoms with Crippen molar-refractivity contribution in [3.8, 4) is 0 Å². The van der Waals surface area contributed by atoms with E-state index < -0.39 is 0 Å². The van der Waals surface area contributed by atoms with Gasteiger partial charge in [-0.15, -0.1) is 0 Å². The second kappa shape index (κ2) is 3.05. The first-order valence-electron chi connectivity index (χ1n) is 4.78. The van der Waals surface area contributed by atoms with E-state index in [0.29, 0.717) is 12.0 Å². The van der Waals surface area contributed by atoms with Crippen LogP contribution in [0.25, 0.3) is 0 Å². The molecule has 68 valence electrons. The van der Waals surface area contributed by atoms with Crippen LogP contribution in [-0.4, -0.2) is 25.0 Å². The van der Waals surface area contributed by atoms with Gasteiger partial charge >= 0.3 is 0 Å². The first kappa shape index (κ1) is 8.05. The van der Waals surface area contributed by atoms with Crippen LogP contribution in [0.15, 0.2) is 0 Å². The van der Waals surface area contributed by atoms with Gasteiger partial charge in [0.15, 0.2) is 0 Å². The molecule has 3 unspecified atom stereocenters. The fourth-order valence-corrected chi connectivity index (χ4v) is 1.70. The molecule has 0 aromatic heterocycles. The molecule has 0 spiro atoms. The molecule has 3 nitrogen and oxygen atoms in total. The molecule has 2 aliphatic rings. The van der Waals surface area contributed by atoms with Crippen molar-refractivity contribution < 1.29 is 4.79 Å². The summed E-state index contributed by atoms with van der Waals surface area (Å²) in [5, 5.41) is 6.26. The monoisotopic (exact) mass is 168 g/mol. The van der Waals surface area contributed by atoms with Crippen molar-refractivity contribution in [1.82, 2.24) is 10.6 Å². The smallest absolute Gasteiger partial charge is 0.224 e. The van der Waals surface area contributed by atoms with Gasteiger partial charge in [-0.1, -0.05) is 6.92 Å². The number of hydrogen-bond donors (Lipinski definition) is 2. The number of carbonyl (C=O) groups is 1. The number of carbonyl (C=O) groups excluding carboxylic acids is 1. The summed E-state index contributed by atoms with van der Waals surface area (Å²) in [6.07, 6.45) is 2.18. The van der Waals surface area contributed by atoms with Crippen LogP contribution in [0, 0.1) is 11.8 Å². The molecule has 1 saturated carbocycles. The van der Waals surface area contributed by atoms with Gasteiger partial charge < -0.3 is 10.6 Å². The average molecular weight is 168 g/mol. The minimum absolute atomic E-state index is 0.234. The molecule has 1 heterocycles. The molecule has 2 fully saturated rings. The molecule has 3 atom stereocenters. The van der Waals surface area contributed by atoms with Crippen molar-refractivity contribution in [2.45, 2.75) is 25.8 Å². The van der Waals surface area contributed by atoms with Crippen LogP contribution in [-0.2, 0) is 4.79 Å². The zero-order valence-electron chi connectivity index (χ0n) is 7.47. The standard InChI is InChI=1S/C9H16N2O/c1-6-4-8(6)11-9(12)7-2-3-10-5-7/h6-8,10H,2-5H2,1H3,(H,11,12). The van der Waals surface area contributed by atoms with Crippen LogP contribution in [0.1, 0.15) is 19.8 Å². The first-order valence-corrected chi connectivity index (χ1v) is 4.78. The SMILES string of the molecule is CC1CC1NC(=O)C1CCNC1. The van der Waals surface area contributed by atoms with Gasteiger partial charge in [0, 0.05) is 12.6 Å². The molecule has 1 saturated heterocycles. The molecule has 0 bridgehead atoms. The lowest BCUT2D eigenvalue weighted by Gasteiger charge is -2.08. The van der Waals surface area contributed by atoms with Crippen LogP contribution in [0.3, 0.4) is 0 Å². The van der Waals surface area contributed by atoms with E-state index in [1.165, 1.54) is 6.42 Å². The van der Waals surface area contributed by atoms with E-state index in [2.05, 4.69) is 17.6 Å². The van der Waals surface area contributed by atoms with Gasteiger partial charge in [-0.05, 0) is 25.3 Å². The third-order valence-electron chi connectivity index (χ3n) is 2.87. The first-order chi connectivity index (χ1) is 5.77. The largest absolute Gasteiger partial charge is 0.353 e. The van der Waals surface area contributed by atoms with E-state index in [1.807, 2.05) is 0 Å². The molecular weight excluding hydrogens is 152 g/mol. The van der Waals surface area contributed by atoms with Gasteiger partial charge in [-0.25, -0.2) is 0 Å². The minimum atomic E-state index is 0.234. The highest BCUT2D eigenvalue weighted by molar-refractivity contribution is 5.79. The second-order valence-corrected chi connectivity index (χ2v) is 4.02. The van der Waals surface area contributed by atoms with Crippen molar-refractivity contribution in [2.24, 2.45) is 11.8 Å². The average Bonchev–Trinajstić information content (AvgIpc) is 2.58. The van der Waals surface area contributed by atoms with Gasteiger partial charge in [0.2, 0.25) is 5.91 Å². The number of rotatable bonds is 2. The van der Waals surface area contributed by atoms with Gasteiger partial charge in [-0.3, -0.25) is 4.79 Å². The quantitative estimate of drug-likeness (QED) is 0.615. The number of amides is 1. The van der Waals surface area contributed by atoms with Crippen molar-refractivity contribution in [3.05, 3.63) is 0 Å². The molecule has 0 aromatic rings. The van der Waals surface area contributed by atoms with Crippen molar-refractivity contribution in [1.29, 1.82) is 0 Å². The Morgan fingerprint density at radius 1 is 1.58 bits per heavy atom. The molecule has 2 N–H and O–H groups in total. The number of hydrogen-bond acceptors (Lipinski definition) is 2. The van der Waals surface area contributed by atoms with Crippen LogP contribution in [0.4, 0.5) is 0 Å². The Kier molecular flexibility index (Phi) is 2.05. The highest BCUT2D eigenvalue weighted by Gasteiger charge is 2.35. The van der Waals surface area contributed by atoms with Crippen LogP contribution in [0.2, 0.25) is 0 Å². The Morgan fingerprint density at radius 2 is 2.33 bits per heavy atom. The Balaban J connectivity index is 1.76. The zero-order valence-corrected chi connectivity index (χ0v) is 7.47. The maximum absolute atomic E-state index is 11.5. The van der Waals surface area contributed by atoms with E-state index in [-0.39, 0.29) is 11.8 Å². The van der Waals surface area contributed by atoms with Crippen molar-refractivity contribution >= 4 is 5.91 Å². The Bertz CT molecular complexity index is 187. The summed E-state index contributed by atoms with van der Waals surface area (Å²) in [5.74, 6) is 1.20. The van der Waals surface area contributed by atoms with E-state index in [1.54, 1.807) is 0 Å². The molecule has 1 aliphatic heterocycles. The summed E-state index contributed by atoms with van der Waals surface area (Å²) in [6, 6.07) is 0.484. The summed E-state index contributed by atoms with van der Waals surface area (Å²) in [4.78, 5) is 11.5. The Labute approximate surface area is 72.9 Å². The summed E-state index contributed by atoms with van der Waals surface area (Å²) < 4.78 is 0. The third-order valence-corrected chi connectivity index (χ3v) is 2.87. The van der Waals surface area contributed by atoms with Crippen molar-refractivity contribution in [2.75, 3.05) is 13.1 Å². The van der Waals surface area contributed by atoms with Crippen LogP contribution >= 0.6 is 0 Å². The molecule has 12 heavy (non-hydrogen) atoms. The Morgan fingerprint density at radius 3 is 2.83 bits per heavy atom. The molecule has 1 amide bonds. The Hall–Kier alpha value is -0.570. The summed E-state index contributed by atoms with van der Waals surface area (Å²) >= 11 is 0. The predicted octanol–water partition coefficient (Wildman–Crippen LogP) is 0.120. The third kappa shape index (κ3) is 1.61.